The summed E-state index contributed by atoms with van der Waals surface area (Å²) in [6, 6.07) is 0.177. The highest BCUT2D eigenvalue weighted by Crippen LogP contribution is 2.41. The van der Waals surface area contributed by atoms with Crippen LogP contribution in [0.15, 0.2) is 0 Å². The van der Waals surface area contributed by atoms with Gasteiger partial charge in [0.15, 0.2) is 0 Å². The lowest BCUT2D eigenvalue weighted by atomic mass is 10.0. The van der Waals surface area contributed by atoms with E-state index in [1.807, 2.05) is 0 Å². The van der Waals surface area contributed by atoms with Gasteiger partial charge < -0.3 is 5.32 Å². The minimum absolute atomic E-state index is 0.190. The van der Waals surface area contributed by atoms with Gasteiger partial charge in [0.1, 0.15) is 5.01 Å². The third-order valence-corrected chi connectivity index (χ3v) is 5.16. The van der Waals surface area contributed by atoms with Crippen LogP contribution < -0.4 is 10.6 Å². The summed E-state index contributed by atoms with van der Waals surface area (Å²) in [5.74, 6) is 1.18. The molecule has 1 aliphatic rings. The van der Waals surface area contributed by atoms with Crippen molar-refractivity contribution in [3.05, 3.63) is 5.01 Å². The zero-order valence-corrected chi connectivity index (χ0v) is 15.4. The van der Waals surface area contributed by atoms with Crippen LogP contribution in [0, 0.1) is 5.92 Å². The second kappa shape index (κ2) is 8.59. The fourth-order valence-electron chi connectivity index (χ4n) is 2.78. The summed E-state index contributed by atoms with van der Waals surface area (Å²) in [4.78, 5) is 14.5. The van der Waals surface area contributed by atoms with Gasteiger partial charge >= 0.3 is 6.03 Å². The number of hydrogen-bond donors (Lipinski definition) is 2. The fraction of sp³-hybridized carbons (Fsp3) is 0.812. The van der Waals surface area contributed by atoms with Crippen molar-refractivity contribution in [1.29, 1.82) is 0 Å². The molecule has 0 saturated heterocycles. The Balaban J connectivity index is 1.81. The van der Waals surface area contributed by atoms with Crippen molar-refractivity contribution >= 4 is 22.5 Å². The molecule has 0 bridgehead atoms. The maximum Gasteiger partial charge on any atom is 0.321 e. The van der Waals surface area contributed by atoms with Crippen LogP contribution in [0.4, 0.5) is 9.93 Å². The molecule has 1 aromatic heterocycles. The molecule has 1 aromatic rings. The minimum atomic E-state index is -0.190. The first-order chi connectivity index (χ1) is 11.0. The van der Waals surface area contributed by atoms with Gasteiger partial charge in [-0.15, -0.1) is 10.2 Å². The number of likely N-dealkylation sites (N-methyl/N-ethyl adjacent to an activating group) is 1. The first-order valence-corrected chi connectivity index (χ1v) is 9.47. The number of anilines is 1. The molecule has 0 spiro atoms. The molecule has 1 heterocycles. The number of nitrogens with zero attached hydrogens (tertiary/aromatic N) is 3. The van der Waals surface area contributed by atoms with Gasteiger partial charge in [-0.3, -0.25) is 10.2 Å². The molecule has 1 saturated carbocycles. The maximum atomic E-state index is 12.1. The van der Waals surface area contributed by atoms with E-state index >= 15 is 0 Å². The van der Waals surface area contributed by atoms with Crippen LogP contribution in [0.3, 0.4) is 0 Å². The number of nitrogens with one attached hydrogen (secondary N) is 2. The molecular weight excluding hydrogens is 310 g/mol. The summed E-state index contributed by atoms with van der Waals surface area (Å²) >= 11 is 1.49. The van der Waals surface area contributed by atoms with Crippen LogP contribution in [-0.4, -0.2) is 46.8 Å². The van der Waals surface area contributed by atoms with Crippen molar-refractivity contribution in [3.8, 4) is 0 Å². The van der Waals surface area contributed by atoms with Crippen LogP contribution in [0.5, 0.6) is 0 Å². The highest BCUT2D eigenvalue weighted by molar-refractivity contribution is 7.15. The Morgan fingerprint density at radius 1 is 1.30 bits per heavy atom. The second-order valence-electron chi connectivity index (χ2n) is 6.56. The van der Waals surface area contributed by atoms with Crippen LogP contribution in [0.25, 0.3) is 0 Å². The van der Waals surface area contributed by atoms with Crippen LogP contribution in [0.2, 0.25) is 0 Å². The van der Waals surface area contributed by atoms with E-state index in [1.165, 1.54) is 24.2 Å². The molecule has 130 valence electrons. The predicted octanol–water partition coefficient (Wildman–Crippen LogP) is 3.29. The average Bonchev–Trinajstić information content (AvgIpc) is 3.26. The summed E-state index contributed by atoms with van der Waals surface area (Å²) < 4.78 is 0. The van der Waals surface area contributed by atoms with Gasteiger partial charge in [-0.2, -0.15) is 0 Å². The maximum absolute atomic E-state index is 12.1. The first-order valence-electron chi connectivity index (χ1n) is 8.65. The van der Waals surface area contributed by atoms with E-state index < -0.39 is 0 Å². The predicted molar refractivity (Wildman–Crippen MR) is 95.1 cm³/mol. The zero-order valence-electron chi connectivity index (χ0n) is 14.6. The lowest BCUT2D eigenvalue weighted by Crippen LogP contribution is -2.45. The molecule has 0 aromatic carbocycles. The Kier molecular flexibility index (Phi) is 6.77. The third kappa shape index (κ3) is 5.73. The summed E-state index contributed by atoms with van der Waals surface area (Å²) in [6.45, 7) is 11.4. The summed E-state index contributed by atoms with van der Waals surface area (Å²) in [7, 11) is 0. The van der Waals surface area contributed by atoms with Gasteiger partial charge in [-0.1, -0.05) is 39.0 Å². The molecule has 0 aliphatic heterocycles. The molecule has 1 aliphatic carbocycles. The quantitative estimate of drug-likeness (QED) is 0.724. The van der Waals surface area contributed by atoms with E-state index in [0.29, 0.717) is 29.6 Å². The van der Waals surface area contributed by atoms with Crippen molar-refractivity contribution in [1.82, 2.24) is 20.4 Å². The number of urea groups is 1. The van der Waals surface area contributed by atoms with Gasteiger partial charge in [-0.05, 0) is 38.3 Å². The van der Waals surface area contributed by atoms with E-state index in [4.69, 9.17) is 0 Å². The Labute approximate surface area is 143 Å². The molecule has 1 unspecified atom stereocenters. The molecule has 0 radical (unpaired) electrons. The SMILES string of the molecule is CCN(CC)C(CNC(=O)Nc1nnc(C2CC2)s1)CC(C)C. The number of rotatable bonds is 9. The lowest BCUT2D eigenvalue weighted by molar-refractivity contribution is 0.186. The second-order valence-corrected chi connectivity index (χ2v) is 7.57. The molecule has 1 fully saturated rings. The summed E-state index contributed by atoms with van der Waals surface area (Å²) in [5, 5.41) is 15.6. The first kappa shape index (κ1) is 18.1. The standard InChI is InChI=1S/C16H29N5OS/c1-5-21(6-2)13(9-11(3)4)10-17-15(22)18-16-20-19-14(23-16)12-7-8-12/h11-13H,5-10H2,1-4H3,(H2,17,18,20,22). The monoisotopic (exact) mass is 339 g/mol. The fourth-order valence-corrected chi connectivity index (χ4v) is 3.69. The molecule has 1 atom stereocenters. The van der Waals surface area contributed by atoms with Gasteiger partial charge in [0.25, 0.3) is 0 Å². The van der Waals surface area contributed by atoms with E-state index in [9.17, 15) is 4.79 Å². The van der Waals surface area contributed by atoms with Crippen molar-refractivity contribution in [2.75, 3.05) is 25.0 Å². The van der Waals surface area contributed by atoms with Crippen molar-refractivity contribution < 1.29 is 4.79 Å². The van der Waals surface area contributed by atoms with Crippen molar-refractivity contribution in [2.24, 2.45) is 5.92 Å². The normalized spacial score (nSPS) is 15.9. The van der Waals surface area contributed by atoms with Crippen molar-refractivity contribution in [3.63, 3.8) is 0 Å². The van der Waals surface area contributed by atoms with Gasteiger partial charge in [-0.25, -0.2) is 4.79 Å². The van der Waals surface area contributed by atoms with Crippen molar-refractivity contribution in [2.45, 2.75) is 58.9 Å². The van der Waals surface area contributed by atoms with E-state index in [-0.39, 0.29) is 6.03 Å². The molecule has 2 rings (SSSR count). The van der Waals surface area contributed by atoms with Gasteiger partial charge in [0, 0.05) is 18.5 Å². The number of amides is 2. The van der Waals surface area contributed by atoms with E-state index in [1.54, 1.807) is 0 Å². The topological polar surface area (TPSA) is 70.2 Å². The number of carbonyl (C=O) groups excluding carboxylic acids is 1. The summed E-state index contributed by atoms with van der Waals surface area (Å²) in [6.07, 6.45) is 3.47. The third-order valence-electron chi connectivity index (χ3n) is 4.16. The van der Waals surface area contributed by atoms with Crippen LogP contribution in [-0.2, 0) is 0 Å². The number of aromatic nitrogens is 2. The van der Waals surface area contributed by atoms with E-state index in [2.05, 4.69) is 53.4 Å². The highest BCUT2D eigenvalue weighted by atomic mass is 32.1. The molecule has 2 N–H and O–H groups in total. The molecule has 7 heteroatoms. The Hall–Kier alpha value is -1.21. The smallest absolute Gasteiger partial charge is 0.321 e. The van der Waals surface area contributed by atoms with Crippen LogP contribution >= 0.6 is 11.3 Å². The van der Waals surface area contributed by atoms with Crippen LogP contribution in [0.1, 0.15) is 57.9 Å². The van der Waals surface area contributed by atoms with Gasteiger partial charge in [0.2, 0.25) is 5.13 Å². The average molecular weight is 340 g/mol. The Morgan fingerprint density at radius 3 is 2.57 bits per heavy atom. The highest BCUT2D eigenvalue weighted by Gasteiger charge is 2.27. The molecular formula is C16H29N5OS. The number of hydrogen-bond acceptors (Lipinski definition) is 5. The molecule has 6 nitrogen and oxygen atoms in total. The minimum Gasteiger partial charge on any atom is -0.336 e. The van der Waals surface area contributed by atoms with Gasteiger partial charge in [0.05, 0.1) is 0 Å². The van der Waals surface area contributed by atoms with E-state index in [0.717, 1.165) is 24.5 Å². The molecule has 2 amide bonds. The Morgan fingerprint density at radius 2 is 2.00 bits per heavy atom. The largest absolute Gasteiger partial charge is 0.336 e. The zero-order chi connectivity index (χ0) is 16.8. The summed E-state index contributed by atoms with van der Waals surface area (Å²) in [5.41, 5.74) is 0. The molecule has 23 heavy (non-hydrogen) atoms. The Bertz CT molecular complexity index is 496. The number of carbonyl (C=O) groups is 1. The lowest BCUT2D eigenvalue weighted by Gasteiger charge is -2.31.